The number of hydrogen-bond acceptors (Lipinski definition) is 2. The van der Waals surface area contributed by atoms with Crippen molar-refractivity contribution in [2.75, 3.05) is 0 Å². The van der Waals surface area contributed by atoms with Crippen LogP contribution in [-0.2, 0) is 0 Å². The molecule has 3 aromatic rings. The van der Waals surface area contributed by atoms with Gasteiger partial charge in [-0.15, -0.1) is 0 Å². The fourth-order valence-electron chi connectivity index (χ4n) is 3.45. The summed E-state index contributed by atoms with van der Waals surface area (Å²) in [5.74, 6) is 1.42. The van der Waals surface area contributed by atoms with Gasteiger partial charge >= 0.3 is 0 Å². The van der Waals surface area contributed by atoms with Crippen LogP contribution in [0, 0.1) is 6.92 Å². The molecule has 2 aromatic carbocycles. The Morgan fingerprint density at radius 3 is 2.50 bits per heavy atom. The van der Waals surface area contributed by atoms with Gasteiger partial charge in [-0.1, -0.05) is 43.0 Å². The van der Waals surface area contributed by atoms with Gasteiger partial charge < -0.3 is 4.42 Å². The third-order valence-corrected chi connectivity index (χ3v) is 4.79. The molecule has 1 fully saturated rings. The maximum Gasteiger partial charge on any atom is 0.227 e. The predicted octanol–water partition coefficient (Wildman–Crippen LogP) is 5.85. The van der Waals surface area contributed by atoms with Crippen LogP contribution in [0.1, 0.15) is 49.1 Å². The second-order valence-electron chi connectivity index (χ2n) is 6.45. The van der Waals surface area contributed by atoms with Crippen LogP contribution in [0.4, 0.5) is 0 Å². The molecule has 1 heterocycles. The number of rotatable bonds is 2. The van der Waals surface area contributed by atoms with E-state index in [2.05, 4.69) is 49.4 Å². The second kappa shape index (κ2) is 5.60. The van der Waals surface area contributed by atoms with E-state index in [-0.39, 0.29) is 0 Å². The van der Waals surface area contributed by atoms with Gasteiger partial charge in [-0.05, 0) is 55.5 Å². The molecular formula is C20H21NO. The Labute approximate surface area is 131 Å². The zero-order valence-electron chi connectivity index (χ0n) is 13.0. The van der Waals surface area contributed by atoms with Crippen LogP contribution < -0.4 is 0 Å². The molecular weight excluding hydrogens is 270 g/mol. The number of aromatic nitrogens is 1. The summed E-state index contributed by atoms with van der Waals surface area (Å²) in [7, 11) is 0. The first kappa shape index (κ1) is 13.6. The molecule has 0 saturated heterocycles. The maximum absolute atomic E-state index is 5.93. The van der Waals surface area contributed by atoms with Gasteiger partial charge in [0.05, 0.1) is 0 Å². The molecule has 1 aliphatic rings. The molecule has 0 amide bonds. The largest absolute Gasteiger partial charge is 0.436 e. The molecule has 0 bridgehead atoms. The van der Waals surface area contributed by atoms with E-state index in [9.17, 15) is 0 Å². The standard InChI is InChI=1S/C20H21NO/c1-14-7-9-16(10-8-14)20-21-18-13-17(11-12-19(18)22-20)15-5-3-2-4-6-15/h7-13,15H,2-6H2,1H3. The molecule has 0 atom stereocenters. The number of aryl methyl sites for hydroxylation is 1. The Balaban J connectivity index is 1.69. The first-order chi connectivity index (χ1) is 10.8. The summed E-state index contributed by atoms with van der Waals surface area (Å²) in [6, 6.07) is 14.9. The van der Waals surface area contributed by atoms with Crippen molar-refractivity contribution in [3.8, 4) is 11.5 Å². The summed E-state index contributed by atoms with van der Waals surface area (Å²) >= 11 is 0. The molecule has 22 heavy (non-hydrogen) atoms. The minimum atomic E-state index is 0.706. The van der Waals surface area contributed by atoms with E-state index in [4.69, 9.17) is 9.40 Å². The smallest absolute Gasteiger partial charge is 0.227 e. The van der Waals surface area contributed by atoms with Gasteiger partial charge in [0.25, 0.3) is 0 Å². The van der Waals surface area contributed by atoms with Gasteiger partial charge in [-0.2, -0.15) is 0 Å². The van der Waals surface area contributed by atoms with Crippen LogP contribution in [-0.4, -0.2) is 4.98 Å². The normalized spacial score (nSPS) is 16.2. The van der Waals surface area contributed by atoms with Crippen molar-refractivity contribution in [1.29, 1.82) is 0 Å². The Morgan fingerprint density at radius 2 is 1.73 bits per heavy atom. The van der Waals surface area contributed by atoms with Gasteiger partial charge in [0.1, 0.15) is 5.52 Å². The van der Waals surface area contributed by atoms with Crippen molar-refractivity contribution < 1.29 is 4.42 Å². The van der Waals surface area contributed by atoms with E-state index in [0.717, 1.165) is 22.6 Å². The van der Waals surface area contributed by atoms with Crippen molar-refractivity contribution in [2.24, 2.45) is 0 Å². The highest BCUT2D eigenvalue weighted by atomic mass is 16.3. The lowest BCUT2D eigenvalue weighted by molar-refractivity contribution is 0.444. The molecule has 2 heteroatoms. The number of fused-ring (bicyclic) bond motifs is 1. The van der Waals surface area contributed by atoms with E-state index in [0.29, 0.717) is 5.92 Å². The molecule has 0 unspecified atom stereocenters. The topological polar surface area (TPSA) is 26.0 Å². The van der Waals surface area contributed by atoms with Crippen LogP contribution in [0.25, 0.3) is 22.6 Å². The van der Waals surface area contributed by atoms with Gasteiger partial charge in [-0.25, -0.2) is 4.98 Å². The lowest BCUT2D eigenvalue weighted by Gasteiger charge is -2.21. The SMILES string of the molecule is Cc1ccc(-c2nc3cc(C4CCCCC4)ccc3o2)cc1. The number of oxazole rings is 1. The Kier molecular flexibility index (Phi) is 3.45. The van der Waals surface area contributed by atoms with E-state index in [1.807, 2.05) is 0 Å². The second-order valence-corrected chi connectivity index (χ2v) is 6.45. The zero-order chi connectivity index (χ0) is 14.9. The van der Waals surface area contributed by atoms with Crippen LogP contribution in [0.15, 0.2) is 46.9 Å². The number of benzene rings is 2. The van der Waals surface area contributed by atoms with E-state index in [1.165, 1.54) is 43.2 Å². The summed E-state index contributed by atoms with van der Waals surface area (Å²) in [5, 5.41) is 0. The Hall–Kier alpha value is -2.09. The van der Waals surface area contributed by atoms with Crippen molar-refractivity contribution in [2.45, 2.75) is 44.9 Å². The van der Waals surface area contributed by atoms with Gasteiger partial charge in [0.2, 0.25) is 5.89 Å². The summed E-state index contributed by atoms with van der Waals surface area (Å²) in [5.41, 5.74) is 5.59. The zero-order valence-corrected chi connectivity index (χ0v) is 13.0. The molecule has 0 aliphatic heterocycles. The Morgan fingerprint density at radius 1 is 0.955 bits per heavy atom. The fraction of sp³-hybridized carbons (Fsp3) is 0.350. The predicted molar refractivity (Wildman–Crippen MR) is 90.0 cm³/mol. The van der Waals surface area contributed by atoms with Gasteiger partial charge in [0, 0.05) is 5.56 Å². The van der Waals surface area contributed by atoms with E-state index >= 15 is 0 Å². The highest BCUT2D eigenvalue weighted by Gasteiger charge is 2.17. The molecule has 112 valence electrons. The highest BCUT2D eigenvalue weighted by Crippen LogP contribution is 2.34. The van der Waals surface area contributed by atoms with Crippen LogP contribution >= 0.6 is 0 Å². The quantitative estimate of drug-likeness (QED) is 0.592. The molecule has 2 nitrogen and oxygen atoms in total. The number of hydrogen-bond donors (Lipinski definition) is 0. The molecule has 1 aliphatic carbocycles. The monoisotopic (exact) mass is 291 g/mol. The van der Waals surface area contributed by atoms with Gasteiger partial charge in [-0.3, -0.25) is 0 Å². The minimum Gasteiger partial charge on any atom is -0.436 e. The average molecular weight is 291 g/mol. The summed E-state index contributed by atoms with van der Waals surface area (Å²) in [6.07, 6.45) is 6.73. The summed E-state index contributed by atoms with van der Waals surface area (Å²) in [4.78, 5) is 4.70. The highest BCUT2D eigenvalue weighted by molar-refractivity contribution is 5.77. The Bertz CT molecular complexity index is 779. The van der Waals surface area contributed by atoms with Crippen molar-refractivity contribution >= 4 is 11.1 Å². The molecule has 1 saturated carbocycles. The summed E-state index contributed by atoms with van der Waals surface area (Å²) < 4.78 is 5.93. The summed E-state index contributed by atoms with van der Waals surface area (Å²) in [6.45, 7) is 2.09. The average Bonchev–Trinajstić information content (AvgIpc) is 2.99. The van der Waals surface area contributed by atoms with Crippen molar-refractivity contribution in [1.82, 2.24) is 4.98 Å². The van der Waals surface area contributed by atoms with Crippen LogP contribution in [0.2, 0.25) is 0 Å². The first-order valence-electron chi connectivity index (χ1n) is 8.27. The van der Waals surface area contributed by atoms with E-state index in [1.54, 1.807) is 0 Å². The molecule has 4 rings (SSSR count). The maximum atomic E-state index is 5.93. The lowest BCUT2D eigenvalue weighted by Crippen LogP contribution is -2.04. The van der Waals surface area contributed by atoms with Crippen LogP contribution in [0.3, 0.4) is 0 Å². The number of nitrogens with zero attached hydrogens (tertiary/aromatic N) is 1. The van der Waals surface area contributed by atoms with Gasteiger partial charge in [0.15, 0.2) is 5.58 Å². The fourth-order valence-corrected chi connectivity index (χ4v) is 3.45. The third-order valence-electron chi connectivity index (χ3n) is 4.79. The molecule has 0 N–H and O–H groups in total. The first-order valence-corrected chi connectivity index (χ1v) is 8.27. The minimum absolute atomic E-state index is 0.706. The van der Waals surface area contributed by atoms with Crippen molar-refractivity contribution in [3.63, 3.8) is 0 Å². The van der Waals surface area contributed by atoms with Crippen molar-refractivity contribution in [3.05, 3.63) is 53.6 Å². The lowest BCUT2D eigenvalue weighted by atomic mass is 9.84. The van der Waals surface area contributed by atoms with E-state index < -0.39 is 0 Å². The molecule has 0 radical (unpaired) electrons. The van der Waals surface area contributed by atoms with Crippen LogP contribution in [0.5, 0.6) is 0 Å². The molecule has 0 spiro atoms. The third kappa shape index (κ3) is 2.54. The molecule has 1 aromatic heterocycles.